The summed E-state index contributed by atoms with van der Waals surface area (Å²) in [5, 5.41) is 0. The highest BCUT2D eigenvalue weighted by molar-refractivity contribution is 4.93. The molecule has 0 radical (unpaired) electrons. The van der Waals surface area contributed by atoms with Crippen molar-refractivity contribution in [2.24, 2.45) is 0 Å². The summed E-state index contributed by atoms with van der Waals surface area (Å²) >= 11 is 0. The molecule has 3 rings (SSSR count). The zero-order chi connectivity index (χ0) is 19.3. The third kappa shape index (κ3) is 17.4. The molecule has 0 aromatic carbocycles. The summed E-state index contributed by atoms with van der Waals surface area (Å²) in [6.07, 6.45) is 9.78. The summed E-state index contributed by atoms with van der Waals surface area (Å²) in [5.74, 6) is 0. The van der Waals surface area contributed by atoms with Crippen LogP contribution in [-0.4, -0.2) is 29.9 Å². The molecule has 6 nitrogen and oxygen atoms in total. The van der Waals surface area contributed by atoms with Crippen molar-refractivity contribution in [1.82, 2.24) is 29.9 Å². The summed E-state index contributed by atoms with van der Waals surface area (Å²) in [6, 6.07) is 5.58. The van der Waals surface area contributed by atoms with Crippen LogP contribution in [0.15, 0.2) is 55.8 Å². The number of aryl methyl sites for hydroxylation is 3. The first-order valence-corrected chi connectivity index (χ1v) is 8.36. The molecule has 3 aromatic rings. The predicted octanol–water partition coefficient (Wildman–Crippen LogP) is 4.41. The number of nitrogens with zero attached hydrogens (tertiary/aromatic N) is 6. The van der Waals surface area contributed by atoms with Crippen LogP contribution >= 0.6 is 0 Å². The van der Waals surface area contributed by atoms with Crippen molar-refractivity contribution >= 4 is 0 Å². The Labute approximate surface area is 151 Å². The van der Waals surface area contributed by atoms with Crippen molar-refractivity contribution in [1.29, 1.82) is 0 Å². The van der Waals surface area contributed by atoms with Gasteiger partial charge < -0.3 is 0 Å². The van der Waals surface area contributed by atoms with Crippen molar-refractivity contribution in [2.75, 3.05) is 0 Å². The van der Waals surface area contributed by atoms with E-state index >= 15 is 0 Å². The molecule has 136 valence electrons. The molecule has 6 heteroatoms. The summed E-state index contributed by atoms with van der Waals surface area (Å²) < 4.78 is 0. The van der Waals surface area contributed by atoms with Crippen molar-refractivity contribution in [3.8, 4) is 0 Å². The monoisotopic (exact) mass is 342 g/mol. The highest BCUT2D eigenvalue weighted by Crippen LogP contribution is 1.83. The average molecular weight is 342 g/mol. The molecule has 0 aliphatic carbocycles. The maximum absolute atomic E-state index is 3.87. The quantitative estimate of drug-likeness (QED) is 0.602. The fourth-order valence-corrected chi connectivity index (χ4v) is 1.07. The maximum atomic E-state index is 3.87. The van der Waals surface area contributed by atoms with Crippen LogP contribution in [0, 0.1) is 20.8 Å². The van der Waals surface area contributed by atoms with Gasteiger partial charge in [0, 0.05) is 35.7 Å². The molecule has 0 atom stereocenters. The zero-order valence-electron chi connectivity index (χ0n) is 16.4. The number of hydrogen-bond acceptors (Lipinski definition) is 6. The Bertz CT molecular complexity index is 499. The SMILES string of the molecule is CC.CC.Cc1ccncn1.Cc1ccncn1.Cc1ccncn1. The second kappa shape index (κ2) is 19.3. The van der Waals surface area contributed by atoms with Gasteiger partial charge in [-0.25, -0.2) is 29.9 Å². The fraction of sp³-hybridized carbons (Fsp3) is 0.368. The van der Waals surface area contributed by atoms with E-state index in [1.807, 2.05) is 66.7 Å². The van der Waals surface area contributed by atoms with Crippen LogP contribution in [0.2, 0.25) is 0 Å². The molecule has 0 spiro atoms. The minimum absolute atomic E-state index is 1.01. The number of aromatic nitrogens is 6. The van der Waals surface area contributed by atoms with Crippen molar-refractivity contribution < 1.29 is 0 Å². The second-order valence-electron chi connectivity index (χ2n) is 4.05. The first kappa shape index (κ1) is 24.5. The van der Waals surface area contributed by atoms with Crippen molar-refractivity contribution in [3.63, 3.8) is 0 Å². The molecule has 0 aliphatic rings. The Morgan fingerprint density at radius 3 is 0.800 bits per heavy atom. The van der Waals surface area contributed by atoms with E-state index in [0.29, 0.717) is 0 Å². The van der Waals surface area contributed by atoms with E-state index in [4.69, 9.17) is 0 Å². The van der Waals surface area contributed by atoms with E-state index in [0.717, 1.165) is 17.1 Å². The van der Waals surface area contributed by atoms with Crippen LogP contribution in [-0.2, 0) is 0 Å². The zero-order valence-corrected chi connectivity index (χ0v) is 16.4. The van der Waals surface area contributed by atoms with Gasteiger partial charge in [-0.1, -0.05) is 27.7 Å². The van der Waals surface area contributed by atoms with E-state index < -0.39 is 0 Å². The van der Waals surface area contributed by atoms with E-state index in [-0.39, 0.29) is 0 Å². The minimum atomic E-state index is 1.01. The fourth-order valence-electron chi connectivity index (χ4n) is 1.07. The van der Waals surface area contributed by atoms with Gasteiger partial charge in [-0.15, -0.1) is 0 Å². The second-order valence-corrected chi connectivity index (χ2v) is 4.05. The Balaban J connectivity index is 0. The Morgan fingerprint density at radius 1 is 0.480 bits per heavy atom. The van der Waals surface area contributed by atoms with Crippen molar-refractivity contribution in [3.05, 3.63) is 72.9 Å². The Kier molecular flexibility index (Phi) is 18.9. The van der Waals surface area contributed by atoms with Gasteiger partial charge in [0.1, 0.15) is 19.0 Å². The lowest BCUT2D eigenvalue weighted by atomic mass is 10.5. The lowest BCUT2D eigenvalue weighted by molar-refractivity contribution is 1.10. The molecular weight excluding hydrogens is 312 g/mol. The third-order valence-corrected chi connectivity index (χ3v) is 2.19. The lowest BCUT2D eigenvalue weighted by Gasteiger charge is -1.81. The molecule has 0 saturated carbocycles. The molecule has 0 amide bonds. The standard InChI is InChI=1S/3C5H6N2.2C2H6/c3*1-5-2-3-6-4-7-5;2*1-2/h3*2-4H,1H3;2*1-2H3. The number of hydrogen-bond donors (Lipinski definition) is 0. The Hall–Kier alpha value is -2.76. The van der Waals surface area contributed by atoms with Gasteiger partial charge in [-0.2, -0.15) is 0 Å². The van der Waals surface area contributed by atoms with Crippen LogP contribution in [0.25, 0.3) is 0 Å². The van der Waals surface area contributed by atoms with Gasteiger partial charge in [-0.3, -0.25) is 0 Å². The molecule has 0 fully saturated rings. The molecule has 0 saturated heterocycles. The van der Waals surface area contributed by atoms with Gasteiger partial charge >= 0.3 is 0 Å². The van der Waals surface area contributed by atoms with E-state index in [9.17, 15) is 0 Å². The van der Waals surface area contributed by atoms with Gasteiger partial charge in [0.25, 0.3) is 0 Å². The number of rotatable bonds is 0. The summed E-state index contributed by atoms with van der Waals surface area (Å²) in [4.78, 5) is 22.8. The molecule has 3 aromatic heterocycles. The smallest absolute Gasteiger partial charge is 0.115 e. The van der Waals surface area contributed by atoms with Gasteiger partial charge in [0.2, 0.25) is 0 Å². The van der Waals surface area contributed by atoms with E-state index in [1.54, 1.807) is 18.6 Å². The van der Waals surface area contributed by atoms with Crippen LogP contribution in [0.1, 0.15) is 44.8 Å². The van der Waals surface area contributed by atoms with Crippen LogP contribution in [0.4, 0.5) is 0 Å². The third-order valence-electron chi connectivity index (χ3n) is 2.19. The molecule has 0 aliphatic heterocycles. The molecule has 0 unspecified atom stereocenters. The van der Waals surface area contributed by atoms with Gasteiger partial charge in [-0.05, 0) is 39.0 Å². The highest BCUT2D eigenvalue weighted by Gasteiger charge is 1.75. The lowest BCUT2D eigenvalue weighted by Crippen LogP contribution is -1.77. The van der Waals surface area contributed by atoms with Gasteiger partial charge in [0.05, 0.1) is 0 Å². The summed E-state index contributed by atoms with van der Waals surface area (Å²) in [6.45, 7) is 13.8. The summed E-state index contributed by atoms with van der Waals surface area (Å²) in [7, 11) is 0. The van der Waals surface area contributed by atoms with Crippen molar-refractivity contribution in [2.45, 2.75) is 48.5 Å². The molecule has 0 N–H and O–H groups in total. The van der Waals surface area contributed by atoms with E-state index in [2.05, 4.69) is 29.9 Å². The van der Waals surface area contributed by atoms with Crippen LogP contribution in [0.3, 0.4) is 0 Å². The average Bonchev–Trinajstić information content (AvgIpc) is 2.68. The molecule has 3 heterocycles. The normalized spacial score (nSPS) is 7.80. The largest absolute Gasteiger partial charge is 0.245 e. The highest BCUT2D eigenvalue weighted by atomic mass is 14.8. The minimum Gasteiger partial charge on any atom is -0.245 e. The molecular formula is C19H30N6. The molecule has 25 heavy (non-hydrogen) atoms. The van der Waals surface area contributed by atoms with Crippen LogP contribution in [0.5, 0.6) is 0 Å². The predicted molar refractivity (Wildman–Crippen MR) is 103 cm³/mol. The summed E-state index contributed by atoms with van der Waals surface area (Å²) in [5.41, 5.74) is 3.03. The maximum Gasteiger partial charge on any atom is 0.115 e. The van der Waals surface area contributed by atoms with Gasteiger partial charge in [0.15, 0.2) is 0 Å². The first-order chi connectivity index (χ1) is 12.2. The topological polar surface area (TPSA) is 77.3 Å². The molecule has 0 bridgehead atoms. The first-order valence-electron chi connectivity index (χ1n) is 8.36. The van der Waals surface area contributed by atoms with Crippen LogP contribution < -0.4 is 0 Å². The Morgan fingerprint density at radius 2 is 0.720 bits per heavy atom. The van der Waals surface area contributed by atoms with E-state index in [1.165, 1.54) is 19.0 Å².